The van der Waals surface area contributed by atoms with E-state index < -0.39 is 0 Å². The van der Waals surface area contributed by atoms with Crippen molar-refractivity contribution < 1.29 is 9.63 Å². The Hall–Kier alpha value is -0.770. The summed E-state index contributed by atoms with van der Waals surface area (Å²) in [5, 5.41) is 4.42. The van der Waals surface area contributed by atoms with Crippen LogP contribution in [0.4, 0.5) is 4.79 Å². The highest BCUT2D eigenvalue weighted by Crippen LogP contribution is 2.75. The second kappa shape index (κ2) is 2.97. The lowest BCUT2D eigenvalue weighted by Gasteiger charge is -2.36. The third-order valence-corrected chi connectivity index (χ3v) is 5.87. The Bertz CT molecular complexity index is 382. The first-order valence-electron chi connectivity index (χ1n) is 6.66. The average molecular weight is 238 g/mol. The van der Waals surface area contributed by atoms with Gasteiger partial charge in [-0.2, -0.15) is 5.06 Å². The van der Waals surface area contributed by atoms with Crippen LogP contribution in [0, 0.1) is 16.7 Å². The zero-order valence-electron chi connectivity index (χ0n) is 11.2. The highest BCUT2D eigenvalue weighted by molar-refractivity contribution is 5.76. The number of rotatable bonds is 1. The van der Waals surface area contributed by atoms with Crippen molar-refractivity contribution >= 4 is 6.03 Å². The molecule has 1 spiro atoms. The molecular formula is C13H22N2O2. The van der Waals surface area contributed by atoms with E-state index in [0.29, 0.717) is 12.5 Å². The normalized spacial score (nSPS) is 45.4. The summed E-state index contributed by atoms with van der Waals surface area (Å²) in [5.41, 5.74) is 0.0721. The topological polar surface area (TPSA) is 44.6 Å². The van der Waals surface area contributed by atoms with E-state index in [2.05, 4.69) is 26.1 Å². The van der Waals surface area contributed by atoms with E-state index in [1.807, 2.05) is 6.92 Å². The van der Waals surface area contributed by atoms with E-state index in [1.165, 1.54) is 12.8 Å². The Balaban J connectivity index is 1.87. The number of hydrogen-bond donors (Lipinski definition) is 1. The molecular weight excluding hydrogens is 216 g/mol. The number of amides is 2. The monoisotopic (exact) mass is 238 g/mol. The van der Waals surface area contributed by atoms with Crippen LogP contribution >= 0.6 is 0 Å². The molecule has 3 aliphatic rings. The van der Waals surface area contributed by atoms with Crippen LogP contribution in [0.2, 0.25) is 0 Å². The maximum atomic E-state index is 11.9. The fraction of sp³-hybridized carbons (Fsp3) is 0.923. The molecule has 1 aliphatic heterocycles. The summed E-state index contributed by atoms with van der Waals surface area (Å²) in [6.45, 7) is 9.53. The molecule has 4 heteroatoms. The van der Waals surface area contributed by atoms with E-state index in [9.17, 15) is 4.79 Å². The third kappa shape index (κ3) is 1.06. The van der Waals surface area contributed by atoms with Gasteiger partial charge in [0, 0.05) is 18.4 Å². The molecule has 17 heavy (non-hydrogen) atoms. The van der Waals surface area contributed by atoms with E-state index in [-0.39, 0.29) is 22.6 Å². The second-order valence-corrected chi connectivity index (χ2v) is 6.50. The molecule has 0 radical (unpaired) electrons. The van der Waals surface area contributed by atoms with Gasteiger partial charge in [-0.1, -0.05) is 20.8 Å². The van der Waals surface area contributed by atoms with E-state index >= 15 is 0 Å². The molecule has 2 bridgehead atoms. The van der Waals surface area contributed by atoms with E-state index in [0.717, 1.165) is 6.42 Å². The summed E-state index contributed by atoms with van der Waals surface area (Å²) in [6, 6.07) is -0.0722. The molecule has 2 saturated carbocycles. The van der Waals surface area contributed by atoms with Crippen molar-refractivity contribution in [3.63, 3.8) is 0 Å². The van der Waals surface area contributed by atoms with Crippen molar-refractivity contribution in [3.8, 4) is 0 Å². The summed E-state index contributed by atoms with van der Waals surface area (Å²) < 4.78 is 0. The Morgan fingerprint density at radius 3 is 2.65 bits per heavy atom. The van der Waals surface area contributed by atoms with Gasteiger partial charge in [0.05, 0.1) is 0 Å². The Morgan fingerprint density at radius 1 is 1.47 bits per heavy atom. The molecule has 2 aliphatic carbocycles. The zero-order chi connectivity index (χ0) is 12.5. The molecule has 0 aromatic heterocycles. The van der Waals surface area contributed by atoms with Crippen molar-refractivity contribution in [1.82, 2.24) is 10.4 Å². The third-order valence-electron chi connectivity index (χ3n) is 5.87. The first-order chi connectivity index (χ1) is 7.89. The Labute approximate surface area is 103 Å². The van der Waals surface area contributed by atoms with Crippen LogP contribution in [0.3, 0.4) is 0 Å². The minimum absolute atomic E-state index is 0.0722. The maximum absolute atomic E-state index is 11.9. The fourth-order valence-electron chi connectivity index (χ4n) is 4.22. The quantitative estimate of drug-likeness (QED) is 0.713. The molecule has 3 rings (SSSR count). The molecule has 1 saturated heterocycles. The van der Waals surface area contributed by atoms with Crippen LogP contribution in [0.5, 0.6) is 0 Å². The lowest BCUT2D eigenvalue weighted by atomic mass is 9.68. The van der Waals surface area contributed by atoms with Gasteiger partial charge in [-0.15, -0.1) is 0 Å². The van der Waals surface area contributed by atoms with Gasteiger partial charge >= 0.3 is 6.03 Å². The molecule has 2 amide bonds. The predicted molar refractivity (Wildman–Crippen MR) is 64.0 cm³/mol. The van der Waals surface area contributed by atoms with Crippen molar-refractivity contribution in [2.75, 3.05) is 6.54 Å². The van der Waals surface area contributed by atoms with Crippen molar-refractivity contribution in [1.29, 1.82) is 0 Å². The lowest BCUT2D eigenvalue weighted by Crippen LogP contribution is -2.43. The summed E-state index contributed by atoms with van der Waals surface area (Å²) >= 11 is 0. The molecule has 3 unspecified atom stereocenters. The maximum Gasteiger partial charge on any atom is 0.344 e. The first-order valence-corrected chi connectivity index (χ1v) is 6.66. The molecule has 1 N–H and O–H groups in total. The largest absolute Gasteiger partial charge is 0.344 e. The van der Waals surface area contributed by atoms with Gasteiger partial charge in [0.1, 0.15) is 0 Å². The van der Waals surface area contributed by atoms with Gasteiger partial charge in [0.25, 0.3) is 0 Å². The number of hydrogen-bond acceptors (Lipinski definition) is 2. The van der Waals surface area contributed by atoms with Crippen LogP contribution in [-0.2, 0) is 4.84 Å². The smallest absolute Gasteiger partial charge is 0.336 e. The van der Waals surface area contributed by atoms with Crippen molar-refractivity contribution in [2.45, 2.75) is 52.7 Å². The highest BCUT2D eigenvalue weighted by Gasteiger charge is 2.80. The summed E-state index contributed by atoms with van der Waals surface area (Å²) in [5.74, 6) is 0.687. The van der Waals surface area contributed by atoms with Crippen LogP contribution in [-0.4, -0.2) is 23.4 Å². The van der Waals surface area contributed by atoms with Gasteiger partial charge in [-0.05, 0) is 31.1 Å². The molecule has 0 aromatic carbocycles. The molecule has 4 nitrogen and oxygen atoms in total. The van der Waals surface area contributed by atoms with Gasteiger partial charge < -0.3 is 5.32 Å². The molecule has 0 aromatic rings. The first kappa shape index (κ1) is 11.3. The molecule has 1 heterocycles. The molecule has 3 atom stereocenters. The van der Waals surface area contributed by atoms with Crippen LogP contribution in [0.1, 0.15) is 47.0 Å². The van der Waals surface area contributed by atoms with Gasteiger partial charge in [-0.3, -0.25) is 0 Å². The van der Waals surface area contributed by atoms with Crippen LogP contribution in [0.25, 0.3) is 0 Å². The number of carbonyl (C=O) groups is 1. The summed E-state index contributed by atoms with van der Waals surface area (Å²) in [4.78, 5) is 17.7. The summed E-state index contributed by atoms with van der Waals surface area (Å²) in [7, 11) is 0. The minimum atomic E-state index is -0.307. The van der Waals surface area contributed by atoms with Gasteiger partial charge in [0.2, 0.25) is 5.72 Å². The Morgan fingerprint density at radius 2 is 2.18 bits per heavy atom. The average Bonchev–Trinajstić information content (AvgIpc) is 2.89. The molecule has 3 fully saturated rings. The van der Waals surface area contributed by atoms with Gasteiger partial charge in [0.15, 0.2) is 0 Å². The summed E-state index contributed by atoms with van der Waals surface area (Å²) in [6.07, 6.45) is 3.45. The van der Waals surface area contributed by atoms with Crippen molar-refractivity contribution in [3.05, 3.63) is 0 Å². The number of carbonyl (C=O) groups excluding carboxylic acids is 1. The fourth-order valence-corrected chi connectivity index (χ4v) is 4.22. The molecule has 96 valence electrons. The van der Waals surface area contributed by atoms with Crippen molar-refractivity contribution in [2.24, 2.45) is 16.7 Å². The number of nitrogens with zero attached hydrogens (tertiary/aromatic N) is 1. The van der Waals surface area contributed by atoms with Crippen LogP contribution < -0.4 is 5.32 Å². The SMILES string of the molecule is CCNC(=O)N1OC12CC1CCC2(C)C1(C)C. The zero-order valence-corrected chi connectivity index (χ0v) is 11.2. The number of hydroxylamine groups is 2. The number of fused-ring (bicyclic) bond motifs is 3. The Kier molecular flexibility index (Phi) is 1.98. The number of nitrogens with one attached hydrogen (secondary N) is 1. The second-order valence-electron chi connectivity index (χ2n) is 6.50. The standard InChI is InChI=1S/C13H22N2O2/c1-5-14-10(16)15-13(17-15)8-9-6-7-12(13,4)11(9,2)3/h9H,5-8H2,1-4H3,(H,14,16). The van der Waals surface area contributed by atoms with E-state index in [1.54, 1.807) is 5.06 Å². The minimum Gasteiger partial charge on any atom is -0.336 e. The van der Waals surface area contributed by atoms with Gasteiger partial charge in [-0.25, -0.2) is 9.63 Å². The van der Waals surface area contributed by atoms with Crippen LogP contribution in [0.15, 0.2) is 0 Å². The lowest BCUT2D eigenvalue weighted by molar-refractivity contribution is 0.0701. The van der Waals surface area contributed by atoms with E-state index in [4.69, 9.17) is 4.84 Å². The predicted octanol–water partition coefficient (Wildman–Crippen LogP) is 2.51. The number of urea groups is 1. The highest BCUT2D eigenvalue weighted by atomic mass is 16.9.